The van der Waals surface area contributed by atoms with Crippen molar-refractivity contribution in [3.63, 3.8) is 0 Å². The Bertz CT molecular complexity index is 999. The summed E-state index contributed by atoms with van der Waals surface area (Å²) < 4.78 is 36.9. The van der Waals surface area contributed by atoms with Gasteiger partial charge in [0.2, 0.25) is 22.7 Å². The number of sulfonamides is 1. The van der Waals surface area contributed by atoms with Crippen LogP contribution in [-0.2, 0) is 14.8 Å². The lowest BCUT2D eigenvalue weighted by molar-refractivity contribution is -0.116. The Morgan fingerprint density at radius 3 is 2.68 bits per heavy atom. The number of nitrogens with one attached hydrogen (secondary N) is 1. The number of ether oxygens (including phenoxy) is 2. The Kier molecular flexibility index (Phi) is 6.36. The van der Waals surface area contributed by atoms with E-state index in [1.54, 1.807) is 36.4 Å². The highest BCUT2D eigenvalue weighted by atomic mass is 79.9. The number of halogens is 2. The first kappa shape index (κ1) is 20.8. The molecule has 0 unspecified atom stereocenters. The molecule has 1 aliphatic heterocycles. The van der Waals surface area contributed by atoms with Crippen LogP contribution in [0.3, 0.4) is 0 Å². The SMILES string of the molecule is CS(=O)(=O)N(CCCC(=O)Nc1ccc(Br)c(Cl)c1)c1ccc2c(c1)OCO2. The average molecular weight is 490 g/mol. The van der Waals surface area contributed by atoms with Crippen molar-refractivity contribution in [1.29, 1.82) is 0 Å². The van der Waals surface area contributed by atoms with Crippen LogP contribution in [0, 0.1) is 0 Å². The molecule has 150 valence electrons. The van der Waals surface area contributed by atoms with E-state index in [1.807, 2.05) is 0 Å². The second-order valence-electron chi connectivity index (χ2n) is 6.15. The molecule has 2 aromatic rings. The Balaban J connectivity index is 1.61. The van der Waals surface area contributed by atoms with E-state index in [-0.39, 0.29) is 25.7 Å². The lowest BCUT2D eigenvalue weighted by Gasteiger charge is -2.22. The summed E-state index contributed by atoms with van der Waals surface area (Å²) in [4.78, 5) is 12.2. The van der Waals surface area contributed by atoms with Gasteiger partial charge in [0.25, 0.3) is 0 Å². The number of nitrogens with zero attached hydrogens (tertiary/aromatic N) is 1. The van der Waals surface area contributed by atoms with Crippen LogP contribution in [0.5, 0.6) is 11.5 Å². The minimum atomic E-state index is -3.52. The standard InChI is InChI=1S/C18H18BrClN2O5S/c1-28(24,25)22(13-5-7-16-17(10-13)27-11-26-16)8-2-3-18(23)21-12-4-6-14(19)15(20)9-12/h4-7,9-10H,2-3,8,11H2,1H3,(H,21,23). The molecule has 0 aliphatic carbocycles. The van der Waals surface area contributed by atoms with Gasteiger partial charge in [-0.25, -0.2) is 8.42 Å². The summed E-state index contributed by atoms with van der Waals surface area (Å²) in [6.07, 6.45) is 1.63. The van der Waals surface area contributed by atoms with Gasteiger partial charge in [-0.1, -0.05) is 11.6 Å². The molecule has 1 amide bonds. The lowest BCUT2D eigenvalue weighted by Crippen LogP contribution is -2.31. The number of benzene rings is 2. The quantitative estimate of drug-likeness (QED) is 0.635. The molecule has 10 heteroatoms. The highest BCUT2D eigenvalue weighted by molar-refractivity contribution is 9.10. The van der Waals surface area contributed by atoms with Crippen LogP contribution in [0.15, 0.2) is 40.9 Å². The van der Waals surface area contributed by atoms with Gasteiger partial charge < -0.3 is 14.8 Å². The van der Waals surface area contributed by atoms with Crippen LogP contribution in [-0.4, -0.2) is 33.9 Å². The van der Waals surface area contributed by atoms with Gasteiger partial charge in [0.15, 0.2) is 11.5 Å². The predicted octanol–water partition coefficient (Wildman–Crippen LogP) is 4.02. The molecule has 1 aliphatic rings. The van der Waals surface area contributed by atoms with Crippen molar-refractivity contribution in [3.8, 4) is 11.5 Å². The van der Waals surface area contributed by atoms with E-state index >= 15 is 0 Å². The maximum absolute atomic E-state index is 12.2. The maximum Gasteiger partial charge on any atom is 0.232 e. The third-order valence-electron chi connectivity index (χ3n) is 4.01. The summed E-state index contributed by atoms with van der Waals surface area (Å²) in [6.45, 7) is 0.269. The van der Waals surface area contributed by atoms with Crippen molar-refractivity contribution in [2.45, 2.75) is 12.8 Å². The van der Waals surface area contributed by atoms with Crippen molar-refractivity contribution in [1.82, 2.24) is 0 Å². The molecule has 0 radical (unpaired) electrons. The van der Waals surface area contributed by atoms with Crippen LogP contribution in [0.4, 0.5) is 11.4 Å². The lowest BCUT2D eigenvalue weighted by atomic mass is 10.2. The van der Waals surface area contributed by atoms with Crippen molar-refractivity contribution in [2.24, 2.45) is 0 Å². The number of hydrogen-bond donors (Lipinski definition) is 1. The Morgan fingerprint density at radius 1 is 1.21 bits per heavy atom. The van der Waals surface area contributed by atoms with Gasteiger partial charge in [0.05, 0.1) is 17.0 Å². The van der Waals surface area contributed by atoms with E-state index in [0.29, 0.717) is 34.3 Å². The number of carbonyl (C=O) groups excluding carboxylic acids is 1. The minimum Gasteiger partial charge on any atom is -0.454 e. The molecule has 0 saturated carbocycles. The van der Waals surface area contributed by atoms with Gasteiger partial charge in [-0.2, -0.15) is 0 Å². The number of carbonyl (C=O) groups is 1. The van der Waals surface area contributed by atoms with E-state index in [2.05, 4.69) is 21.2 Å². The van der Waals surface area contributed by atoms with Crippen molar-refractivity contribution >= 4 is 54.8 Å². The predicted molar refractivity (Wildman–Crippen MR) is 112 cm³/mol. The number of hydrogen-bond acceptors (Lipinski definition) is 5. The summed E-state index contributed by atoms with van der Waals surface area (Å²) in [5.74, 6) is 0.846. The monoisotopic (exact) mass is 488 g/mol. The zero-order valence-corrected chi connectivity index (χ0v) is 18.1. The van der Waals surface area contributed by atoms with Gasteiger partial charge in [-0.05, 0) is 52.7 Å². The average Bonchev–Trinajstić information content (AvgIpc) is 3.08. The molecule has 1 heterocycles. The van der Waals surface area contributed by atoms with Gasteiger partial charge in [-0.15, -0.1) is 0 Å². The summed E-state index contributed by atoms with van der Waals surface area (Å²) in [6, 6.07) is 10.0. The largest absolute Gasteiger partial charge is 0.454 e. The maximum atomic E-state index is 12.2. The second kappa shape index (κ2) is 8.59. The highest BCUT2D eigenvalue weighted by Gasteiger charge is 2.21. The van der Waals surface area contributed by atoms with Crippen molar-refractivity contribution in [2.75, 3.05) is 29.2 Å². The Hall–Kier alpha value is -1.97. The fraction of sp³-hybridized carbons (Fsp3) is 0.278. The smallest absolute Gasteiger partial charge is 0.232 e. The van der Waals surface area contributed by atoms with E-state index < -0.39 is 10.0 Å². The van der Waals surface area contributed by atoms with Crippen LogP contribution < -0.4 is 19.1 Å². The number of anilines is 2. The molecule has 1 N–H and O–H groups in total. The third-order valence-corrected chi connectivity index (χ3v) is 6.44. The van der Waals surface area contributed by atoms with Gasteiger partial charge >= 0.3 is 0 Å². The fourth-order valence-corrected chi connectivity index (χ4v) is 4.09. The number of fused-ring (bicyclic) bond motifs is 1. The molecule has 0 aromatic heterocycles. The molecule has 0 bridgehead atoms. The molecule has 0 saturated heterocycles. The first-order chi connectivity index (χ1) is 13.2. The Labute approximate surface area is 176 Å². The van der Waals surface area contributed by atoms with E-state index in [0.717, 1.165) is 10.7 Å². The molecule has 0 spiro atoms. The molecular formula is C18H18BrClN2O5S. The molecule has 3 rings (SSSR count). The van der Waals surface area contributed by atoms with Gasteiger partial charge in [-0.3, -0.25) is 9.10 Å². The topological polar surface area (TPSA) is 84.9 Å². The second-order valence-corrected chi connectivity index (χ2v) is 9.32. The summed E-state index contributed by atoms with van der Waals surface area (Å²) in [5.41, 5.74) is 1.04. The normalized spacial score (nSPS) is 12.7. The van der Waals surface area contributed by atoms with Gasteiger partial charge in [0.1, 0.15) is 0 Å². The van der Waals surface area contributed by atoms with Crippen LogP contribution in [0.25, 0.3) is 0 Å². The van der Waals surface area contributed by atoms with E-state index in [4.69, 9.17) is 21.1 Å². The molecule has 0 atom stereocenters. The van der Waals surface area contributed by atoms with Crippen LogP contribution in [0.2, 0.25) is 5.02 Å². The molecular weight excluding hydrogens is 472 g/mol. The third kappa shape index (κ3) is 5.09. The van der Waals surface area contributed by atoms with Crippen molar-refractivity contribution < 1.29 is 22.7 Å². The molecule has 28 heavy (non-hydrogen) atoms. The summed E-state index contributed by atoms with van der Waals surface area (Å²) in [5, 5.41) is 3.24. The minimum absolute atomic E-state index is 0.109. The Morgan fingerprint density at radius 2 is 1.96 bits per heavy atom. The van der Waals surface area contributed by atoms with Gasteiger partial charge in [0, 0.05) is 29.2 Å². The number of amides is 1. The molecule has 7 nitrogen and oxygen atoms in total. The van der Waals surface area contributed by atoms with E-state index in [1.165, 1.54) is 4.31 Å². The zero-order valence-electron chi connectivity index (χ0n) is 14.9. The first-order valence-corrected chi connectivity index (χ1v) is 11.4. The first-order valence-electron chi connectivity index (χ1n) is 8.36. The molecule has 2 aromatic carbocycles. The van der Waals surface area contributed by atoms with E-state index in [9.17, 15) is 13.2 Å². The highest BCUT2D eigenvalue weighted by Crippen LogP contribution is 2.36. The van der Waals surface area contributed by atoms with Crippen molar-refractivity contribution in [3.05, 3.63) is 45.9 Å². The summed E-state index contributed by atoms with van der Waals surface area (Å²) in [7, 11) is -3.52. The van der Waals surface area contributed by atoms with Crippen LogP contribution >= 0.6 is 27.5 Å². The fourth-order valence-electron chi connectivity index (χ4n) is 2.71. The van der Waals surface area contributed by atoms with Crippen LogP contribution in [0.1, 0.15) is 12.8 Å². The molecule has 0 fully saturated rings. The zero-order chi connectivity index (χ0) is 20.3. The number of rotatable bonds is 7. The summed E-state index contributed by atoms with van der Waals surface area (Å²) >= 11 is 9.30.